The molecule has 2 saturated heterocycles. The monoisotopic (exact) mass is 425 g/mol. The molecule has 0 bridgehead atoms. The predicted octanol–water partition coefficient (Wildman–Crippen LogP) is 3.67. The third-order valence-electron chi connectivity index (χ3n) is 5.23. The van der Waals surface area contributed by atoms with Crippen molar-refractivity contribution in [1.29, 1.82) is 5.26 Å². The highest BCUT2D eigenvalue weighted by Crippen LogP contribution is 2.37. The number of anilines is 1. The van der Waals surface area contributed by atoms with Crippen molar-refractivity contribution in [2.75, 3.05) is 24.7 Å². The van der Waals surface area contributed by atoms with Crippen molar-refractivity contribution in [2.45, 2.75) is 51.1 Å². The van der Waals surface area contributed by atoms with E-state index in [2.05, 4.69) is 0 Å². The van der Waals surface area contributed by atoms with E-state index in [1.807, 2.05) is 0 Å². The second-order valence-corrected chi connectivity index (χ2v) is 7.64. The zero-order valence-electron chi connectivity index (χ0n) is 16.7. The van der Waals surface area contributed by atoms with Crippen molar-refractivity contribution >= 4 is 17.6 Å². The largest absolute Gasteiger partial charge is 0.417 e. The number of carbonyl (C=O) groups is 2. The maximum Gasteiger partial charge on any atom is 0.417 e. The van der Waals surface area contributed by atoms with E-state index < -0.39 is 34.8 Å². The Labute approximate surface area is 171 Å². The number of hydrogen-bond acceptors (Lipinski definition) is 5. The van der Waals surface area contributed by atoms with Gasteiger partial charge in [0.05, 0.1) is 29.5 Å². The van der Waals surface area contributed by atoms with Gasteiger partial charge in [0.2, 0.25) is 0 Å². The Balaban J connectivity index is 1.77. The SMILES string of the molecule is CC1(C)C(=O)N(c2ccc(C#N)c(C(F)(F)F)c2)C(=O)N1CCCOC1CCCO1. The molecule has 2 aliphatic heterocycles. The molecular weight excluding hydrogens is 403 g/mol. The number of halogens is 3. The van der Waals surface area contributed by atoms with Gasteiger partial charge in [0, 0.05) is 19.6 Å². The Morgan fingerprint density at radius 3 is 2.67 bits per heavy atom. The van der Waals surface area contributed by atoms with Gasteiger partial charge in [0.25, 0.3) is 5.91 Å². The molecule has 1 aromatic rings. The van der Waals surface area contributed by atoms with Crippen LogP contribution in [0.2, 0.25) is 0 Å². The lowest BCUT2D eigenvalue weighted by molar-refractivity contribution is -0.137. The quantitative estimate of drug-likeness (QED) is 0.513. The molecule has 3 amide bonds. The second kappa shape index (κ2) is 8.24. The molecule has 30 heavy (non-hydrogen) atoms. The highest BCUT2D eigenvalue weighted by Gasteiger charge is 2.51. The third kappa shape index (κ3) is 4.13. The molecule has 3 rings (SSSR count). The van der Waals surface area contributed by atoms with Gasteiger partial charge in [-0.25, -0.2) is 9.69 Å². The fourth-order valence-corrected chi connectivity index (χ4v) is 3.56. The fraction of sp³-hybridized carbons (Fsp3) is 0.550. The van der Waals surface area contributed by atoms with Crippen molar-refractivity contribution in [3.63, 3.8) is 0 Å². The molecule has 1 atom stereocenters. The maximum absolute atomic E-state index is 13.3. The van der Waals surface area contributed by atoms with Crippen LogP contribution >= 0.6 is 0 Å². The molecule has 7 nitrogen and oxygen atoms in total. The number of imide groups is 1. The van der Waals surface area contributed by atoms with Gasteiger partial charge >= 0.3 is 12.2 Å². The summed E-state index contributed by atoms with van der Waals surface area (Å²) in [6.45, 7) is 4.26. The van der Waals surface area contributed by atoms with Crippen molar-refractivity contribution in [3.05, 3.63) is 29.3 Å². The van der Waals surface area contributed by atoms with E-state index in [9.17, 15) is 22.8 Å². The van der Waals surface area contributed by atoms with Crippen molar-refractivity contribution in [2.24, 2.45) is 0 Å². The lowest BCUT2D eigenvalue weighted by atomic mass is 10.0. The van der Waals surface area contributed by atoms with E-state index >= 15 is 0 Å². The number of hydrogen-bond donors (Lipinski definition) is 0. The molecule has 2 fully saturated rings. The van der Waals surface area contributed by atoms with Gasteiger partial charge in [0.15, 0.2) is 6.29 Å². The van der Waals surface area contributed by atoms with Crippen LogP contribution in [0.4, 0.5) is 23.7 Å². The maximum atomic E-state index is 13.3. The van der Waals surface area contributed by atoms with Crippen LogP contribution in [-0.4, -0.2) is 48.4 Å². The predicted molar refractivity (Wildman–Crippen MR) is 99.4 cm³/mol. The summed E-state index contributed by atoms with van der Waals surface area (Å²) in [5.41, 5.74) is -3.22. The number of carbonyl (C=O) groups excluding carboxylic acids is 2. The first-order chi connectivity index (χ1) is 14.1. The first kappa shape index (κ1) is 22.1. The summed E-state index contributed by atoms with van der Waals surface area (Å²) in [4.78, 5) is 27.8. The number of alkyl halides is 3. The second-order valence-electron chi connectivity index (χ2n) is 7.64. The first-order valence-electron chi connectivity index (χ1n) is 9.58. The summed E-state index contributed by atoms with van der Waals surface area (Å²) in [6, 6.07) is 3.57. The number of nitrogens with zero attached hydrogens (tertiary/aromatic N) is 3. The fourth-order valence-electron chi connectivity index (χ4n) is 3.56. The van der Waals surface area contributed by atoms with E-state index in [0.717, 1.165) is 23.8 Å². The molecule has 0 radical (unpaired) electrons. The standard InChI is InChI=1S/C20H22F3N3O4/c1-19(2)17(27)26(14-7-6-13(12-24)15(11-14)20(21,22)23)18(28)25(19)8-4-10-30-16-5-3-9-29-16/h6-7,11,16H,3-5,8-10H2,1-2H3. The number of rotatable bonds is 6. The summed E-state index contributed by atoms with van der Waals surface area (Å²) >= 11 is 0. The Morgan fingerprint density at radius 1 is 1.33 bits per heavy atom. The Hall–Kier alpha value is -2.64. The van der Waals surface area contributed by atoms with Crippen LogP contribution in [0, 0.1) is 11.3 Å². The molecule has 0 N–H and O–H groups in total. The van der Waals surface area contributed by atoms with E-state index in [1.54, 1.807) is 13.8 Å². The Morgan fingerprint density at radius 2 is 2.07 bits per heavy atom. The molecule has 0 saturated carbocycles. The molecule has 0 spiro atoms. The average molecular weight is 425 g/mol. The molecule has 1 unspecified atom stereocenters. The highest BCUT2D eigenvalue weighted by atomic mass is 19.4. The van der Waals surface area contributed by atoms with Crippen molar-refractivity contribution in [1.82, 2.24) is 4.90 Å². The number of benzene rings is 1. The van der Waals surface area contributed by atoms with Crippen LogP contribution < -0.4 is 4.90 Å². The molecular formula is C20H22F3N3O4. The Kier molecular flexibility index (Phi) is 6.06. The Bertz CT molecular complexity index is 873. The van der Waals surface area contributed by atoms with Gasteiger partial charge in [-0.15, -0.1) is 0 Å². The summed E-state index contributed by atoms with van der Waals surface area (Å²) in [5.74, 6) is -0.634. The van der Waals surface area contributed by atoms with Crippen LogP contribution in [0.3, 0.4) is 0 Å². The van der Waals surface area contributed by atoms with Gasteiger partial charge in [-0.3, -0.25) is 4.79 Å². The van der Waals surface area contributed by atoms with Crippen LogP contribution in [0.1, 0.15) is 44.2 Å². The van der Waals surface area contributed by atoms with Gasteiger partial charge in [0.1, 0.15) is 5.54 Å². The smallest absolute Gasteiger partial charge is 0.353 e. The summed E-state index contributed by atoms with van der Waals surface area (Å²) in [7, 11) is 0. The molecule has 162 valence electrons. The van der Waals surface area contributed by atoms with Gasteiger partial charge < -0.3 is 14.4 Å². The molecule has 2 aliphatic rings. The third-order valence-corrected chi connectivity index (χ3v) is 5.23. The number of urea groups is 1. The molecule has 10 heteroatoms. The minimum atomic E-state index is -4.79. The van der Waals surface area contributed by atoms with Gasteiger partial charge in [-0.05, 0) is 44.9 Å². The van der Waals surface area contributed by atoms with Crippen LogP contribution in [0.5, 0.6) is 0 Å². The van der Waals surface area contributed by atoms with Gasteiger partial charge in [-0.1, -0.05) is 0 Å². The number of amides is 3. The van der Waals surface area contributed by atoms with E-state index in [4.69, 9.17) is 14.7 Å². The van der Waals surface area contributed by atoms with E-state index in [-0.39, 0.29) is 18.5 Å². The van der Waals surface area contributed by atoms with E-state index in [0.29, 0.717) is 25.7 Å². The van der Waals surface area contributed by atoms with Crippen LogP contribution in [0.25, 0.3) is 0 Å². The van der Waals surface area contributed by atoms with Gasteiger partial charge in [-0.2, -0.15) is 18.4 Å². The molecule has 1 aromatic carbocycles. The minimum absolute atomic E-state index is 0.198. The average Bonchev–Trinajstić information content (AvgIpc) is 3.25. The number of nitriles is 1. The van der Waals surface area contributed by atoms with Crippen molar-refractivity contribution in [3.8, 4) is 6.07 Å². The lowest BCUT2D eigenvalue weighted by Crippen LogP contribution is -2.44. The van der Waals surface area contributed by atoms with Crippen LogP contribution in [-0.2, 0) is 20.4 Å². The zero-order valence-corrected chi connectivity index (χ0v) is 16.7. The highest BCUT2D eigenvalue weighted by molar-refractivity contribution is 6.23. The first-order valence-corrected chi connectivity index (χ1v) is 9.58. The summed E-state index contributed by atoms with van der Waals surface area (Å²) in [5, 5.41) is 8.94. The zero-order chi connectivity index (χ0) is 22.1. The number of ether oxygens (including phenoxy) is 2. The summed E-state index contributed by atoms with van der Waals surface area (Å²) in [6.07, 6.45) is -2.87. The van der Waals surface area contributed by atoms with Crippen LogP contribution in [0.15, 0.2) is 18.2 Å². The minimum Gasteiger partial charge on any atom is -0.353 e. The topological polar surface area (TPSA) is 82.9 Å². The van der Waals surface area contributed by atoms with E-state index in [1.165, 1.54) is 17.0 Å². The molecule has 0 aliphatic carbocycles. The summed E-state index contributed by atoms with van der Waals surface area (Å²) < 4.78 is 50.8. The lowest BCUT2D eigenvalue weighted by Gasteiger charge is -2.27. The molecule has 0 aromatic heterocycles. The van der Waals surface area contributed by atoms with Crippen molar-refractivity contribution < 1.29 is 32.2 Å². The molecule has 2 heterocycles. The normalized spacial score (nSPS) is 21.4.